The van der Waals surface area contributed by atoms with Crippen molar-refractivity contribution in [3.63, 3.8) is 0 Å². The summed E-state index contributed by atoms with van der Waals surface area (Å²) in [5.41, 5.74) is 6.35. The van der Waals surface area contributed by atoms with Crippen molar-refractivity contribution in [3.05, 3.63) is 40.0 Å². The van der Waals surface area contributed by atoms with Crippen LogP contribution in [0.1, 0.15) is 4.88 Å². The maximum Gasteiger partial charge on any atom is 0.134 e. The number of hydrogen-bond acceptors (Lipinski definition) is 3. The van der Waals surface area contributed by atoms with Gasteiger partial charge in [0.15, 0.2) is 0 Å². The molecule has 0 bridgehead atoms. The lowest BCUT2D eigenvalue weighted by molar-refractivity contribution is 0.631. The molecular weight excluding hydrogens is 235 g/mol. The molecule has 0 amide bonds. The third-order valence-corrected chi connectivity index (χ3v) is 3.10. The Kier molecular flexibility index (Phi) is 3.00. The average molecular weight is 243 g/mol. The molecule has 1 aromatic heterocycles. The van der Waals surface area contributed by atoms with Gasteiger partial charge in [0, 0.05) is 11.4 Å². The van der Waals surface area contributed by atoms with Crippen molar-refractivity contribution in [3.8, 4) is 11.3 Å². The zero-order valence-corrected chi connectivity index (χ0v) is 9.28. The van der Waals surface area contributed by atoms with Crippen molar-refractivity contribution in [2.45, 2.75) is 6.54 Å². The minimum absolute atomic E-state index is 0.343. The van der Waals surface area contributed by atoms with E-state index >= 15 is 0 Å². The highest BCUT2D eigenvalue weighted by molar-refractivity contribution is 7.06. The fourth-order valence-electron chi connectivity index (χ4n) is 1.27. The Labute approximate surface area is 95.7 Å². The molecule has 0 fully saturated rings. The Morgan fingerprint density at radius 3 is 2.87 bits per heavy atom. The summed E-state index contributed by atoms with van der Waals surface area (Å²) >= 11 is 7.17. The quantitative estimate of drug-likeness (QED) is 0.879. The van der Waals surface area contributed by atoms with E-state index in [0.717, 1.165) is 4.88 Å². The van der Waals surface area contributed by atoms with Crippen molar-refractivity contribution >= 4 is 23.1 Å². The summed E-state index contributed by atoms with van der Waals surface area (Å²) in [6.07, 6.45) is 0. The van der Waals surface area contributed by atoms with E-state index in [1.54, 1.807) is 18.2 Å². The minimum Gasteiger partial charge on any atom is -0.326 e. The van der Waals surface area contributed by atoms with Gasteiger partial charge in [-0.1, -0.05) is 17.7 Å². The molecule has 78 valence electrons. The summed E-state index contributed by atoms with van der Waals surface area (Å²) in [4.78, 5) is 0.907. The number of rotatable bonds is 2. The van der Waals surface area contributed by atoms with E-state index in [9.17, 15) is 4.39 Å². The topological polar surface area (TPSA) is 38.9 Å². The predicted molar refractivity (Wildman–Crippen MR) is 60.4 cm³/mol. The summed E-state index contributed by atoms with van der Waals surface area (Å²) in [6.45, 7) is 0.406. The SMILES string of the molecule is NCc1cc(-c2c(F)cccc2Cl)ns1. The fraction of sp³-hybridized carbons (Fsp3) is 0.100. The second-order valence-electron chi connectivity index (χ2n) is 2.98. The van der Waals surface area contributed by atoms with Gasteiger partial charge >= 0.3 is 0 Å². The first-order valence-corrected chi connectivity index (χ1v) is 5.47. The van der Waals surface area contributed by atoms with Crippen LogP contribution < -0.4 is 5.73 Å². The number of aromatic nitrogens is 1. The van der Waals surface area contributed by atoms with E-state index in [1.165, 1.54) is 17.6 Å². The number of nitrogens with two attached hydrogens (primary N) is 1. The van der Waals surface area contributed by atoms with E-state index in [2.05, 4.69) is 4.37 Å². The van der Waals surface area contributed by atoms with Crippen LogP contribution >= 0.6 is 23.1 Å². The van der Waals surface area contributed by atoms with Gasteiger partial charge < -0.3 is 5.73 Å². The van der Waals surface area contributed by atoms with Crippen LogP contribution in [0.5, 0.6) is 0 Å². The Morgan fingerprint density at radius 2 is 2.27 bits per heavy atom. The second-order valence-corrected chi connectivity index (χ2v) is 4.28. The molecule has 0 atom stereocenters. The van der Waals surface area contributed by atoms with E-state index in [0.29, 0.717) is 22.8 Å². The number of hydrogen-bond donors (Lipinski definition) is 1. The Morgan fingerprint density at radius 1 is 1.47 bits per heavy atom. The average Bonchev–Trinajstić information content (AvgIpc) is 2.66. The number of benzene rings is 1. The normalized spacial score (nSPS) is 10.6. The van der Waals surface area contributed by atoms with Crippen LogP contribution in [0.15, 0.2) is 24.3 Å². The summed E-state index contributed by atoms with van der Waals surface area (Å²) in [5, 5.41) is 0.365. The zero-order valence-electron chi connectivity index (χ0n) is 7.71. The molecule has 0 aliphatic rings. The first kappa shape index (κ1) is 10.5. The molecule has 0 aliphatic carbocycles. The molecule has 0 unspecified atom stereocenters. The first-order chi connectivity index (χ1) is 7.22. The van der Waals surface area contributed by atoms with Crippen molar-refractivity contribution in [2.24, 2.45) is 5.73 Å². The Bertz CT molecular complexity index is 464. The van der Waals surface area contributed by atoms with Gasteiger partial charge in [-0.2, -0.15) is 4.37 Å². The highest BCUT2D eigenvalue weighted by Gasteiger charge is 2.12. The van der Waals surface area contributed by atoms with E-state index < -0.39 is 0 Å². The van der Waals surface area contributed by atoms with Gasteiger partial charge in [-0.15, -0.1) is 0 Å². The highest BCUT2D eigenvalue weighted by atomic mass is 35.5. The van der Waals surface area contributed by atoms with E-state index in [4.69, 9.17) is 17.3 Å². The van der Waals surface area contributed by atoms with Gasteiger partial charge in [0.2, 0.25) is 0 Å². The largest absolute Gasteiger partial charge is 0.326 e. The molecule has 5 heteroatoms. The van der Waals surface area contributed by atoms with Crippen LogP contribution in [0.25, 0.3) is 11.3 Å². The molecule has 1 aromatic carbocycles. The smallest absolute Gasteiger partial charge is 0.134 e. The Hall–Kier alpha value is -0.970. The lowest BCUT2D eigenvalue weighted by Gasteiger charge is -2.01. The van der Waals surface area contributed by atoms with Gasteiger partial charge in [0.1, 0.15) is 5.82 Å². The molecule has 15 heavy (non-hydrogen) atoms. The fourth-order valence-corrected chi connectivity index (χ4v) is 2.13. The lowest BCUT2D eigenvalue weighted by atomic mass is 10.1. The third-order valence-electron chi connectivity index (χ3n) is 1.98. The van der Waals surface area contributed by atoms with Crippen LogP contribution in [0, 0.1) is 5.82 Å². The predicted octanol–water partition coefficient (Wildman–Crippen LogP) is 3.06. The monoisotopic (exact) mass is 242 g/mol. The van der Waals surface area contributed by atoms with Gasteiger partial charge in [-0.3, -0.25) is 0 Å². The van der Waals surface area contributed by atoms with Gasteiger partial charge in [-0.25, -0.2) is 4.39 Å². The molecule has 0 aliphatic heterocycles. The molecule has 0 saturated heterocycles. The molecule has 2 nitrogen and oxygen atoms in total. The summed E-state index contributed by atoms with van der Waals surface area (Å²) in [7, 11) is 0. The molecule has 2 rings (SSSR count). The van der Waals surface area contributed by atoms with E-state index in [-0.39, 0.29) is 5.82 Å². The molecule has 2 N–H and O–H groups in total. The second kappa shape index (κ2) is 4.26. The van der Waals surface area contributed by atoms with Gasteiger partial charge in [-0.05, 0) is 29.7 Å². The van der Waals surface area contributed by atoms with Crippen molar-refractivity contribution in [1.29, 1.82) is 0 Å². The standard InChI is InChI=1S/C10H8ClFN2S/c11-7-2-1-3-8(12)10(7)9-4-6(5-13)15-14-9/h1-4H,5,13H2. The van der Waals surface area contributed by atoms with Crippen molar-refractivity contribution in [1.82, 2.24) is 4.37 Å². The molecule has 1 heterocycles. The van der Waals surface area contributed by atoms with Crippen molar-refractivity contribution in [2.75, 3.05) is 0 Å². The molecule has 2 aromatic rings. The van der Waals surface area contributed by atoms with E-state index in [1.807, 2.05) is 0 Å². The zero-order chi connectivity index (χ0) is 10.8. The van der Waals surface area contributed by atoms with Gasteiger partial charge in [0.05, 0.1) is 16.3 Å². The van der Waals surface area contributed by atoms with Gasteiger partial charge in [0.25, 0.3) is 0 Å². The minimum atomic E-state index is -0.364. The van der Waals surface area contributed by atoms with Crippen LogP contribution in [0.2, 0.25) is 5.02 Å². The van der Waals surface area contributed by atoms with Crippen LogP contribution in [0.3, 0.4) is 0 Å². The van der Waals surface area contributed by atoms with Crippen LogP contribution in [0.4, 0.5) is 4.39 Å². The molecule has 0 spiro atoms. The van der Waals surface area contributed by atoms with Crippen molar-refractivity contribution < 1.29 is 4.39 Å². The number of halogens is 2. The summed E-state index contributed by atoms with van der Waals surface area (Å²) < 4.78 is 17.6. The van der Waals surface area contributed by atoms with Crippen LogP contribution in [-0.2, 0) is 6.54 Å². The summed E-state index contributed by atoms with van der Waals surface area (Å²) in [6, 6.07) is 6.33. The highest BCUT2D eigenvalue weighted by Crippen LogP contribution is 2.30. The van der Waals surface area contributed by atoms with Crippen LogP contribution in [-0.4, -0.2) is 4.37 Å². The molecule has 0 saturated carbocycles. The number of nitrogens with zero attached hydrogens (tertiary/aromatic N) is 1. The third kappa shape index (κ3) is 2.02. The lowest BCUT2D eigenvalue weighted by Crippen LogP contribution is -1.91. The molecular formula is C10H8ClFN2S. The maximum absolute atomic E-state index is 13.5. The molecule has 0 radical (unpaired) electrons. The maximum atomic E-state index is 13.5. The summed E-state index contributed by atoms with van der Waals surface area (Å²) in [5.74, 6) is -0.364. The Balaban J connectivity index is 2.53. The first-order valence-electron chi connectivity index (χ1n) is 4.32.